The second kappa shape index (κ2) is 11.7. The van der Waals surface area contributed by atoms with Crippen LogP contribution in [-0.2, 0) is 11.2 Å². The number of nitrogens with one attached hydrogen (secondary N) is 1. The van der Waals surface area contributed by atoms with E-state index in [2.05, 4.69) is 15.2 Å². The highest BCUT2D eigenvalue weighted by Gasteiger charge is 2.25. The van der Waals surface area contributed by atoms with Crippen LogP contribution in [0.15, 0.2) is 72.9 Å². The van der Waals surface area contributed by atoms with E-state index >= 15 is 4.39 Å². The minimum absolute atomic E-state index is 0.0733. The standard InChI is InChI=1S/C27H26F2N4O3/c1-36-21(17-34)16-33(14-12-20-5-2-3-13-30-20)27(35)22-6-4-7-23(29)26(22)25-15-24(31-32-25)18-8-10-19(28)11-9-18/h2-11,13,15,21,34H,12,14,16-17H2,1H3,(H,31,32)/t21-/m1/s1. The maximum atomic E-state index is 15.1. The molecule has 2 heterocycles. The fourth-order valence-corrected chi connectivity index (χ4v) is 3.89. The monoisotopic (exact) mass is 492 g/mol. The summed E-state index contributed by atoms with van der Waals surface area (Å²) in [5.74, 6) is -1.39. The van der Waals surface area contributed by atoms with E-state index in [1.807, 2.05) is 18.2 Å². The highest BCUT2D eigenvalue weighted by molar-refractivity contribution is 6.00. The lowest BCUT2D eigenvalue weighted by Crippen LogP contribution is -2.41. The van der Waals surface area contributed by atoms with E-state index in [4.69, 9.17) is 4.74 Å². The second-order valence-electron chi connectivity index (χ2n) is 8.20. The Morgan fingerprint density at radius 1 is 1.11 bits per heavy atom. The van der Waals surface area contributed by atoms with Crippen molar-refractivity contribution in [3.05, 3.63) is 95.8 Å². The van der Waals surface area contributed by atoms with Crippen LogP contribution in [0.5, 0.6) is 0 Å². The van der Waals surface area contributed by atoms with Gasteiger partial charge >= 0.3 is 0 Å². The molecule has 0 fully saturated rings. The molecule has 0 aliphatic rings. The lowest BCUT2D eigenvalue weighted by atomic mass is 10.0. The van der Waals surface area contributed by atoms with Crippen LogP contribution in [0.4, 0.5) is 8.78 Å². The van der Waals surface area contributed by atoms with Gasteiger partial charge in [0.15, 0.2) is 0 Å². The number of aliphatic hydroxyl groups is 1. The summed E-state index contributed by atoms with van der Waals surface area (Å²) in [6.07, 6.45) is 1.54. The molecule has 1 amide bonds. The minimum Gasteiger partial charge on any atom is -0.394 e. The number of nitrogens with zero attached hydrogens (tertiary/aromatic N) is 3. The SMILES string of the molecule is CO[C@@H](CO)CN(CCc1ccccn1)C(=O)c1cccc(F)c1-c1cc(-c2ccc(F)cc2)n[nH]1. The van der Waals surface area contributed by atoms with E-state index in [0.29, 0.717) is 23.4 Å². The number of halogens is 2. The number of H-pyrrole nitrogens is 1. The largest absolute Gasteiger partial charge is 0.394 e. The molecule has 4 rings (SSSR count). The van der Waals surface area contributed by atoms with E-state index in [1.54, 1.807) is 30.5 Å². The van der Waals surface area contributed by atoms with Crippen molar-refractivity contribution < 1.29 is 23.4 Å². The van der Waals surface area contributed by atoms with Gasteiger partial charge in [0.2, 0.25) is 0 Å². The Balaban J connectivity index is 1.66. The molecule has 4 aromatic rings. The minimum atomic E-state index is -0.605. The Bertz CT molecular complexity index is 1290. The number of pyridine rings is 1. The molecule has 0 unspecified atom stereocenters. The van der Waals surface area contributed by atoms with E-state index in [9.17, 15) is 14.3 Å². The van der Waals surface area contributed by atoms with Gasteiger partial charge in [-0.05, 0) is 54.6 Å². The summed E-state index contributed by atoms with van der Waals surface area (Å²) in [5, 5.41) is 16.7. The zero-order valence-corrected chi connectivity index (χ0v) is 19.7. The smallest absolute Gasteiger partial charge is 0.254 e. The molecule has 36 heavy (non-hydrogen) atoms. The normalized spacial score (nSPS) is 11.9. The molecule has 2 aromatic carbocycles. The fraction of sp³-hybridized carbons (Fsp3) is 0.222. The number of aromatic amines is 1. The molecule has 9 heteroatoms. The fourth-order valence-electron chi connectivity index (χ4n) is 3.89. The third kappa shape index (κ3) is 5.81. The average molecular weight is 493 g/mol. The molecule has 0 bridgehead atoms. The number of aromatic nitrogens is 3. The number of hydrogen-bond acceptors (Lipinski definition) is 5. The van der Waals surface area contributed by atoms with Crippen LogP contribution < -0.4 is 0 Å². The molecule has 0 spiro atoms. The first kappa shape index (κ1) is 25.2. The van der Waals surface area contributed by atoms with Crippen LogP contribution in [0, 0.1) is 11.6 Å². The van der Waals surface area contributed by atoms with Gasteiger partial charge in [0.05, 0.1) is 29.7 Å². The maximum Gasteiger partial charge on any atom is 0.254 e. The van der Waals surface area contributed by atoms with Crippen LogP contribution in [-0.4, -0.2) is 64.0 Å². The van der Waals surface area contributed by atoms with Gasteiger partial charge in [-0.3, -0.25) is 14.9 Å². The number of benzene rings is 2. The molecule has 0 aliphatic carbocycles. The van der Waals surface area contributed by atoms with Gasteiger partial charge in [-0.15, -0.1) is 0 Å². The number of carbonyl (C=O) groups is 1. The summed E-state index contributed by atoms with van der Waals surface area (Å²) in [6, 6.07) is 17.2. The summed E-state index contributed by atoms with van der Waals surface area (Å²) >= 11 is 0. The number of ether oxygens (including phenoxy) is 1. The van der Waals surface area contributed by atoms with Crippen LogP contribution in [0.2, 0.25) is 0 Å². The summed E-state index contributed by atoms with van der Waals surface area (Å²) in [6.45, 7) is 0.120. The number of amides is 1. The van der Waals surface area contributed by atoms with E-state index in [-0.39, 0.29) is 36.6 Å². The maximum absolute atomic E-state index is 15.1. The topological polar surface area (TPSA) is 91.3 Å². The van der Waals surface area contributed by atoms with Gasteiger partial charge in [0.25, 0.3) is 5.91 Å². The second-order valence-corrected chi connectivity index (χ2v) is 8.20. The van der Waals surface area contributed by atoms with Crippen molar-refractivity contribution in [1.29, 1.82) is 0 Å². The number of aliphatic hydroxyl groups excluding tert-OH is 1. The highest BCUT2D eigenvalue weighted by atomic mass is 19.1. The third-order valence-corrected chi connectivity index (χ3v) is 5.84. The van der Waals surface area contributed by atoms with Crippen LogP contribution >= 0.6 is 0 Å². The van der Waals surface area contributed by atoms with Gasteiger partial charge in [-0.25, -0.2) is 8.78 Å². The number of hydrogen-bond donors (Lipinski definition) is 2. The van der Waals surface area contributed by atoms with Crippen molar-refractivity contribution in [1.82, 2.24) is 20.1 Å². The van der Waals surface area contributed by atoms with Crippen molar-refractivity contribution in [3.63, 3.8) is 0 Å². The first-order valence-corrected chi connectivity index (χ1v) is 11.4. The van der Waals surface area contributed by atoms with Gasteiger partial charge in [0.1, 0.15) is 11.6 Å². The van der Waals surface area contributed by atoms with Gasteiger partial charge in [0, 0.05) is 49.6 Å². The van der Waals surface area contributed by atoms with Gasteiger partial charge in [-0.2, -0.15) is 5.10 Å². The Morgan fingerprint density at radius 3 is 2.61 bits per heavy atom. The number of methoxy groups -OCH3 is 1. The summed E-state index contributed by atoms with van der Waals surface area (Å²) in [7, 11) is 1.46. The number of rotatable bonds is 10. The predicted molar refractivity (Wildman–Crippen MR) is 131 cm³/mol. The Labute approximate surface area is 207 Å². The van der Waals surface area contributed by atoms with Crippen LogP contribution in [0.3, 0.4) is 0 Å². The van der Waals surface area contributed by atoms with Gasteiger partial charge in [-0.1, -0.05) is 12.1 Å². The van der Waals surface area contributed by atoms with Crippen molar-refractivity contribution >= 4 is 5.91 Å². The number of carbonyl (C=O) groups excluding carboxylic acids is 1. The van der Waals surface area contributed by atoms with Crippen LogP contribution in [0.25, 0.3) is 22.5 Å². The Morgan fingerprint density at radius 2 is 1.92 bits per heavy atom. The van der Waals surface area contributed by atoms with Gasteiger partial charge < -0.3 is 14.7 Å². The van der Waals surface area contributed by atoms with E-state index in [1.165, 1.54) is 36.3 Å². The Kier molecular flexibility index (Phi) is 8.14. The average Bonchev–Trinajstić information content (AvgIpc) is 3.39. The molecule has 0 radical (unpaired) electrons. The summed E-state index contributed by atoms with van der Waals surface area (Å²) in [5.41, 5.74) is 2.45. The molecule has 7 nitrogen and oxygen atoms in total. The molecule has 0 saturated heterocycles. The predicted octanol–water partition coefficient (Wildman–Crippen LogP) is 4.11. The van der Waals surface area contributed by atoms with Crippen molar-refractivity contribution in [3.8, 4) is 22.5 Å². The zero-order valence-electron chi connectivity index (χ0n) is 19.7. The first-order valence-electron chi connectivity index (χ1n) is 11.4. The van der Waals surface area contributed by atoms with Crippen molar-refractivity contribution in [2.24, 2.45) is 0 Å². The third-order valence-electron chi connectivity index (χ3n) is 5.84. The highest BCUT2D eigenvalue weighted by Crippen LogP contribution is 2.30. The van der Waals surface area contributed by atoms with Crippen LogP contribution in [0.1, 0.15) is 16.1 Å². The summed E-state index contributed by atoms with van der Waals surface area (Å²) < 4.78 is 33.7. The quantitative estimate of drug-likeness (QED) is 0.348. The first-order chi connectivity index (χ1) is 17.5. The van der Waals surface area contributed by atoms with E-state index in [0.717, 1.165) is 5.69 Å². The van der Waals surface area contributed by atoms with Crippen molar-refractivity contribution in [2.45, 2.75) is 12.5 Å². The molecule has 2 N–H and O–H groups in total. The van der Waals surface area contributed by atoms with E-state index < -0.39 is 17.8 Å². The molecular formula is C27H26F2N4O3. The lowest BCUT2D eigenvalue weighted by molar-refractivity contribution is 0.0208. The molecular weight excluding hydrogens is 466 g/mol. The molecule has 186 valence electrons. The zero-order chi connectivity index (χ0) is 25.5. The molecule has 2 aromatic heterocycles. The van der Waals surface area contributed by atoms with Crippen molar-refractivity contribution in [2.75, 3.05) is 26.8 Å². The molecule has 0 aliphatic heterocycles. The lowest BCUT2D eigenvalue weighted by Gasteiger charge is -2.27. The summed E-state index contributed by atoms with van der Waals surface area (Å²) in [4.78, 5) is 19.5. The molecule has 0 saturated carbocycles. The molecule has 1 atom stereocenters. The Hall–Kier alpha value is -3.95.